The normalized spacial score (nSPS) is 24.2. The van der Waals surface area contributed by atoms with Crippen molar-refractivity contribution >= 4 is 52.3 Å². The molecule has 3 atom stereocenters. The number of carbonyl (C=O) groups is 3. The molecule has 1 aromatic rings. The maximum atomic E-state index is 12.7. The molecule has 5 N–H and O–H groups in total. The average molecular weight is 455 g/mol. The number of likely N-dealkylation sites (tertiary alicyclic amines) is 1. The summed E-state index contributed by atoms with van der Waals surface area (Å²) in [5.74, 6) is -1.26. The maximum Gasteiger partial charge on any atom is 0.267 e. The van der Waals surface area contributed by atoms with Crippen molar-refractivity contribution in [2.45, 2.75) is 30.1 Å². The fourth-order valence-corrected chi connectivity index (χ4v) is 4.41. The van der Waals surface area contributed by atoms with Crippen molar-refractivity contribution in [1.29, 1.82) is 5.41 Å². The number of carbonyl (C=O) groups excluding carboxylic acids is 3. The highest BCUT2D eigenvalue weighted by Crippen LogP contribution is 2.58. The first-order valence-electron chi connectivity index (χ1n) is 9.66. The lowest BCUT2D eigenvalue weighted by Gasteiger charge is -2.24. The number of rotatable bonds is 8. The molecule has 162 valence electrons. The molecule has 2 fully saturated rings. The van der Waals surface area contributed by atoms with Crippen LogP contribution in [0.25, 0.3) is 0 Å². The van der Waals surface area contributed by atoms with Gasteiger partial charge in [0, 0.05) is 30.8 Å². The summed E-state index contributed by atoms with van der Waals surface area (Å²) in [5.41, 5.74) is 5.40. The molecule has 3 rings (SSSR count). The van der Waals surface area contributed by atoms with Crippen LogP contribution in [0.5, 0.6) is 0 Å². The molecule has 9 nitrogen and oxygen atoms in total. The van der Waals surface area contributed by atoms with E-state index in [0.29, 0.717) is 25.2 Å². The van der Waals surface area contributed by atoms with Gasteiger partial charge in [0.05, 0.1) is 18.4 Å². The second-order valence-electron chi connectivity index (χ2n) is 7.57. The molecule has 3 amide bonds. The molecular formula is C19H24Cl2N6O3. The van der Waals surface area contributed by atoms with Crippen molar-refractivity contribution in [2.24, 2.45) is 17.6 Å². The van der Waals surface area contributed by atoms with Gasteiger partial charge in [-0.25, -0.2) is 0 Å². The molecule has 11 heteroatoms. The Balaban J connectivity index is 1.57. The van der Waals surface area contributed by atoms with E-state index in [4.69, 9.17) is 34.3 Å². The monoisotopic (exact) mass is 454 g/mol. The van der Waals surface area contributed by atoms with Crippen LogP contribution in [0.4, 0.5) is 5.69 Å². The van der Waals surface area contributed by atoms with Crippen LogP contribution < -0.4 is 16.4 Å². The number of alkyl halides is 2. The van der Waals surface area contributed by atoms with Crippen LogP contribution in [0.15, 0.2) is 18.5 Å². The van der Waals surface area contributed by atoms with E-state index < -0.39 is 16.3 Å². The van der Waals surface area contributed by atoms with Gasteiger partial charge in [0.25, 0.3) is 5.91 Å². The van der Waals surface area contributed by atoms with Crippen LogP contribution >= 0.6 is 23.2 Å². The smallest absolute Gasteiger partial charge is 0.267 e. The standard InChI is InChI=1S/C19H24Cl2N6O3/c1-10-12(19(10,20)21)7-26-18(30)14-3-2-6-27(14)15(28)9-25-13-8-24-5-4-11(13)16(22)17(23)29/h4-5,8,10,12,14,22,25H,2-3,6-7,9H2,1H3,(H2,23,29)(H,26,30)/t10?,12?,14-/m0/s1. The molecule has 1 saturated carbocycles. The zero-order valence-corrected chi connectivity index (χ0v) is 18.0. The quantitative estimate of drug-likeness (QED) is 0.340. The Kier molecular flexibility index (Phi) is 6.52. The first-order valence-corrected chi connectivity index (χ1v) is 10.4. The molecule has 0 spiro atoms. The maximum absolute atomic E-state index is 12.7. The number of halogens is 2. The molecule has 0 bridgehead atoms. The summed E-state index contributed by atoms with van der Waals surface area (Å²) in [4.78, 5) is 42.1. The Morgan fingerprint density at radius 2 is 2.10 bits per heavy atom. The highest BCUT2D eigenvalue weighted by Gasteiger charge is 2.60. The lowest BCUT2D eigenvalue weighted by molar-refractivity contribution is -0.137. The fourth-order valence-electron chi connectivity index (χ4n) is 3.70. The van der Waals surface area contributed by atoms with Gasteiger partial charge in [-0.05, 0) is 24.8 Å². The van der Waals surface area contributed by atoms with E-state index in [1.807, 2.05) is 6.92 Å². The van der Waals surface area contributed by atoms with Crippen LogP contribution in [0.3, 0.4) is 0 Å². The van der Waals surface area contributed by atoms with Crippen LogP contribution in [-0.4, -0.2) is 63.3 Å². The minimum Gasteiger partial charge on any atom is -0.374 e. The van der Waals surface area contributed by atoms with E-state index >= 15 is 0 Å². The van der Waals surface area contributed by atoms with Crippen molar-refractivity contribution in [3.8, 4) is 0 Å². The third-order valence-electron chi connectivity index (χ3n) is 5.73. The predicted molar refractivity (Wildman–Crippen MR) is 114 cm³/mol. The summed E-state index contributed by atoms with van der Waals surface area (Å²) in [6.07, 6.45) is 4.14. The second kappa shape index (κ2) is 8.77. The number of nitrogens with one attached hydrogen (secondary N) is 3. The van der Waals surface area contributed by atoms with Gasteiger partial charge in [0.2, 0.25) is 11.8 Å². The Hall–Kier alpha value is -2.39. The van der Waals surface area contributed by atoms with E-state index in [-0.39, 0.29) is 41.5 Å². The van der Waals surface area contributed by atoms with Crippen molar-refractivity contribution in [2.75, 3.05) is 25.0 Å². The van der Waals surface area contributed by atoms with Gasteiger partial charge in [-0.15, -0.1) is 23.2 Å². The molecule has 0 radical (unpaired) electrons. The number of hydrogen-bond donors (Lipinski definition) is 4. The minimum atomic E-state index is -0.880. The third kappa shape index (κ3) is 4.52. The molecule has 1 aromatic heterocycles. The molecule has 1 aliphatic heterocycles. The van der Waals surface area contributed by atoms with E-state index in [0.717, 1.165) is 6.42 Å². The zero-order chi connectivity index (χ0) is 22.1. The number of amides is 3. The van der Waals surface area contributed by atoms with Gasteiger partial charge in [-0.1, -0.05) is 6.92 Å². The number of primary amides is 1. The first-order chi connectivity index (χ1) is 14.1. The molecule has 1 aliphatic carbocycles. The zero-order valence-electron chi connectivity index (χ0n) is 16.5. The van der Waals surface area contributed by atoms with E-state index in [9.17, 15) is 14.4 Å². The minimum absolute atomic E-state index is 0.00146. The molecule has 1 saturated heterocycles. The molecule has 0 aromatic carbocycles. The van der Waals surface area contributed by atoms with Crippen molar-refractivity contribution < 1.29 is 14.4 Å². The third-order valence-corrected chi connectivity index (χ3v) is 6.98. The highest BCUT2D eigenvalue weighted by atomic mass is 35.5. The number of anilines is 1. The van der Waals surface area contributed by atoms with Crippen molar-refractivity contribution in [3.63, 3.8) is 0 Å². The summed E-state index contributed by atoms with van der Waals surface area (Å²) in [7, 11) is 0. The van der Waals surface area contributed by atoms with E-state index in [1.165, 1.54) is 23.4 Å². The topological polar surface area (TPSA) is 141 Å². The number of aromatic nitrogens is 1. The fraction of sp³-hybridized carbons (Fsp3) is 0.526. The average Bonchev–Trinajstić information content (AvgIpc) is 3.06. The lowest BCUT2D eigenvalue weighted by atomic mass is 10.1. The van der Waals surface area contributed by atoms with Crippen molar-refractivity contribution in [3.05, 3.63) is 24.0 Å². The summed E-state index contributed by atoms with van der Waals surface area (Å²) in [6, 6.07) is 0.921. The molecule has 2 unspecified atom stereocenters. The predicted octanol–water partition coefficient (Wildman–Crippen LogP) is 0.894. The summed E-state index contributed by atoms with van der Waals surface area (Å²) < 4.78 is -0.803. The van der Waals surface area contributed by atoms with Gasteiger partial charge in [-0.2, -0.15) is 0 Å². The van der Waals surface area contributed by atoms with E-state index in [2.05, 4.69) is 15.6 Å². The van der Waals surface area contributed by atoms with Gasteiger partial charge < -0.3 is 21.3 Å². The Morgan fingerprint density at radius 1 is 1.40 bits per heavy atom. The molecule has 2 aliphatic rings. The summed E-state index contributed by atoms with van der Waals surface area (Å²) in [6.45, 7) is 2.67. The molecule has 2 heterocycles. The van der Waals surface area contributed by atoms with Gasteiger partial charge in [0.15, 0.2) is 0 Å². The lowest BCUT2D eigenvalue weighted by Crippen LogP contribution is -2.48. The first kappa shape index (κ1) is 22.3. The summed E-state index contributed by atoms with van der Waals surface area (Å²) >= 11 is 12.3. The van der Waals surface area contributed by atoms with Crippen molar-refractivity contribution in [1.82, 2.24) is 15.2 Å². The largest absolute Gasteiger partial charge is 0.374 e. The van der Waals surface area contributed by atoms with E-state index in [1.54, 1.807) is 0 Å². The van der Waals surface area contributed by atoms with Crippen LogP contribution in [0.2, 0.25) is 0 Å². The Bertz CT molecular complexity index is 878. The highest BCUT2D eigenvalue weighted by molar-refractivity contribution is 6.51. The molecular weight excluding hydrogens is 431 g/mol. The summed E-state index contributed by atoms with van der Waals surface area (Å²) in [5, 5.41) is 13.5. The van der Waals surface area contributed by atoms with Crippen LogP contribution in [0.1, 0.15) is 25.3 Å². The van der Waals surface area contributed by atoms with Crippen LogP contribution in [0, 0.1) is 17.2 Å². The van der Waals surface area contributed by atoms with Crippen LogP contribution in [-0.2, 0) is 14.4 Å². The SMILES string of the molecule is CC1C(CNC(=O)[C@@H]2CCCN2C(=O)CNc2cnccc2C(=N)C(N)=O)C1(Cl)Cl. The van der Waals surface area contributed by atoms with Gasteiger partial charge in [0.1, 0.15) is 16.1 Å². The van der Waals surface area contributed by atoms with Gasteiger partial charge >= 0.3 is 0 Å². The second-order valence-corrected chi connectivity index (χ2v) is 9.02. The Labute approximate surface area is 184 Å². The number of pyridine rings is 1. The Morgan fingerprint density at radius 3 is 2.73 bits per heavy atom. The number of nitrogens with zero attached hydrogens (tertiary/aromatic N) is 2. The number of hydrogen-bond acceptors (Lipinski definition) is 6. The van der Waals surface area contributed by atoms with Gasteiger partial charge in [-0.3, -0.25) is 24.8 Å². The number of nitrogens with two attached hydrogens (primary N) is 1. The molecule has 30 heavy (non-hydrogen) atoms.